The smallest absolute Gasteiger partial charge is 0.257 e. The standard InChI is InChI=1S/C12H18ClN3O/c1-15-9-10(8-14-15)12(17)16-6-4-2-3-5-11(16)7-13/h8-9,11H,2-7H2,1H3. The van der Waals surface area contributed by atoms with Crippen molar-refractivity contribution in [3.63, 3.8) is 0 Å². The molecule has 0 radical (unpaired) electrons. The number of halogens is 1. The fourth-order valence-electron chi connectivity index (χ4n) is 2.30. The highest BCUT2D eigenvalue weighted by Gasteiger charge is 2.26. The van der Waals surface area contributed by atoms with Gasteiger partial charge in [-0.2, -0.15) is 5.10 Å². The second kappa shape index (κ2) is 5.54. The molecule has 1 aliphatic rings. The van der Waals surface area contributed by atoms with Gasteiger partial charge in [0.1, 0.15) is 0 Å². The third-order valence-electron chi connectivity index (χ3n) is 3.27. The van der Waals surface area contributed by atoms with E-state index in [0.29, 0.717) is 11.4 Å². The van der Waals surface area contributed by atoms with Crippen molar-refractivity contribution in [1.29, 1.82) is 0 Å². The van der Waals surface area contributed by atoms with Crippen LogP contribution in [0.5, 0.6) is 0 Å². The summed E-state index contributed by atoms with van der Waals surface area (Å²) in [5.41, 5.74) is 0.657. The van der Waals surface area contributed by atoms with Crippen LogP contribution in [-0.4, -0.2) is 39.1 Å². The molecule has 0 aliphatic carbocycles. The largest absolute Gasteiger partial charge is 0.334 e. The van der Waals surface area contributed by atoms with Crippen LogP contribution < -0.4 is 0 Å². The highest BCUT2D eigenvalue weighted by molar-refractivity contribution is 6.18. The van der Waals surface area contributed by atoms with E-state index in [1.54, 1.807) is 17.1 Å². The van der Waals surface area contributed by atoms with Gasteiger partial charge in [0.2, 0.25) is 0 Å². The monoisotopic (exact) mass is 255 g/mol. The zero-order valence-corrected chi connectivity index (χ0v) is 10.9. The SMILES string of the molecule is Cn1cc(C(=O)N2CCCCCC2CCl)cn1. The van der Waals surface area contributed by atoms with Crippen LogP contribution in [0.3, 0.4) is 0 Å². The van der Waals surface area contributed by atoms with Crippen molar-refractivity contribution in [3.05, 3.63) is 18.0 Å². The lowest BCUT2D eigenvalue weighted by molar-refractivity contribution is 0.0700. The van der Waals surface area contributed by atoms with Gasteiger partial charge in [-0.25, -0.2) is 0 Å². The van der Waals surface area contributed by atoms with E-state index in [1.807, 2.05) is 11.9 Å². The molecule has 1 aromatic rings. The normalized spacial score (nSPS) is 21.3. The second-order valence-electron chi connectivity index (χ2n) is 4.56. The Kier molecular flexibility index (Phi) is 4.05. The van der Waals surface area contributed by atoms with E-state index in [9.17, 15) is 4.79 Å². The minimum Gasteiger partial charge on any atom is -0.334 e. The summed E-state index contributed by atoms with van der Waals surface area (Å²) in [7, 11) is 1.82. The Hall–Kier alpha value is -1.03. The van der Waals surface area contributed by atoms with E-state index in [0.717, 1.165) is 25.8 Å². The summed E-state index contributed by atoms with van der Waals surface area (Å²) in [5, 5.41) is 4.04. The summed E-state index contributed by atoms with van der Waals surface area (Å²) in [6.07, 6.45) is 7.81. The fourth-order valence-corrected chi connectivity index (χ4v) is 2.62. The molecule has 1 fully saturated rings. The van der Waals surface area contributed by atoms with Gasteiger partial charge in [-0.3, -0.25) is 9.48 Å². The minimum absolute atomic E-state index is 0.0608. The molecule has 1 atom stereocenters. The van der Waals surface area contributed by atoms with Gasteiger partial charge in [0, 0.05) is 31.7 Å². The lowest BCUT2D eigenvalue weighted by Crippen LogP contribution is -2.41. The number of amides is 1. The number of hydrogen-bond donors (Lipinski definition) is 0. The molecule has 94 valence electrons. The third-order valence-corrected chi connectivity index (χ3v) is 3.62. The predicted molar refractivity (Wildman–Crippen MR) is 67.2 cm³/mol. The average molecular weight is 256 g/mol. The summed E-state index contributed by atoms with van der Waals surface area (Å²) in [5.74, 6) is 0.581. The number of carbonyl (C=O) groups is 1. The highest BCUT2D eigenvalue weighted by Crippen LogP contribution is 2.20. The Labute approximate surface area is 107 Å². The molecule has 17 heavy (non-hydrogen) atoms. The van der Waals surface area contributed by atoms with Crippen LogP contribution in [0.25, 0.3) is 0 Å². The predicted octanol–water partition coefficient (Wildman–Crippen LogP) is 2.04. The lowest BCUT2D eigenvalue weighted by Gasteiger charge is -2.28. The molecule has 0 N–H and O–H groups in total. The summed E-state index contributed by atoms with van der Waals surface area (Å²) in [6, 6.07) is 0.173. The summed E-state index contributed by atoms with van der Waals surface area (Å²) in [6.45, 7) is 0.811. The third kappa shape index (κ3) is 2.80. The van der Waals surface area contributed by atoms with Gasteiger partial charge < -0.3 is 4.90 Å². The number of hydrogen-bond acceptors (Lipinski definition) is 2. The lowest BCUT2D eigenvalue weighted by atomic mass is 10.1. The van der Waals surface area contributed by atoms with Crippen LogP contribution in [0.15, 0.2) is 12.4 Å². The molecule has 1 unspecified atom stereocenters. The Morgan fingerprint density at radius 2 is 2.35 bits per heavy atom. The first-order chi connectivity index (χ1) is 8.22. The van der Waals surface area contributed by atoms with Crippen molar-refractivity contribution in [2.24, 2.45) is 7.05 Å². The van der Waals surface area contributed by atoms with Crippen LogP contribution in [-0.2, 0) is 7.05 Å². The van der Waals surface area contributed by atoms with E-state index >= 15 is 0 Å². The van der Waals surface area contributed by atoms with Gasteiger partial charge in [0.15, 0.2) is 0 Å². The van der Waals surface area contributed by atoms with Crippen LogP contribution in [0.4, 0.5) is 0 Å². The molecular weight excluding hydrogens is 238 g/mol. The maximum Gasteiger partial charge on any atom is 0.257 e. The van der Waals surface area contributed by atoms with Crippen molar-refractivity contribution in [2.45, 2.75) is 31.7 Å². The van der Waals surface area contributed by atoms with Crippen molar-refractivity contribution < 1.29 is 4.79 Å². The molecule has 0 saturated carbocycles. The van der Waals surface area contributed by atoms with Gasteiger partial charge in [0.25, 0.3) is 5.91 Å². The molecule has 0 spiro atoms. The van der Waals surface area contributed by atoms with Crippen LogP contribution in [0.2, 0.25) is 0 Å². The van der Waals surface area contributed by atoms with E-state index in [4.69, 9.17) is 11.6 Å². The van der Waals surface area contributed by atoms with Gasteiger partial charge in [0.05, 0.1) is 11.8 Å². The van der Waals surface area contributed by atoms with Crippen molar-refractivity contribution in [3.8, 4) is 0 Å². The second-order valence-corrected chi connectivity index (χ2v) is 4.87. The number of likely N-dealkylation sites (tertiary alicyclic amines) is 1. The zero-order chi connectivity index (χ0) is 12.3. The molecule has 2 rings (SSSR count). The molecule has 2 heterocycles. The molecule has 4 nitrogen and oxygen atoms in total. The number of nitrogens with zero attached hydrogens (tertiary/aromatic N) is 3. The fraction of sp³-hybridized carbons (Fsp3) is 0.667. The van der Waals surface area contributed by atoms with E-state index in [2.05, 4.69) is 5.10 Å². The zero-order valence-electron chi connectivity index (χ0n) is 10.1. The van der Waals surface area contributed by atoms with Crippen LogP contribution >= 0.6 is 11.6 Å². The maximum absolute atomic E-state index is 12.3. The van der Waals surface area contributed by atoms with Gasteiger partial charge in [-0.1, -0.05) is 12.8 Å². The number of aromatic nitrogens is 2. The quantitative estimate of drug-likeness (QED) is 0.759. The molecule has 1 aliphatic heterocycles. The van der Waals surface area contributed by atoms with Gasteiger partial charge in [-0.05, 0) is 12.8 Å². The summed E-state index contributed by atoms with van der Waals surface area (Å²) in [4.78, 5) is 14.3. The van der Waals surface area contributed by atoms with Crippen LogP contribution in [0, 0.1) is 0 Å². The molecular formula is C12H18ClN3O. The Bertz CT molecular complexity index is 391. The molecule has 0 bridgehead atoms. The summed E-state index contributed by atoms with van der Waals surface area (Å²) < 4.78 is 1.65. The number of carbonyl (C=O) groups excluding carboxylic acids is 1. The van der Waals surface area contributed by atoms with Crippen LogP contribution in [0.1, 0.15) is 36.0 Å². The van der Waals surface area contributed by atoms with E-state index in [1.165, 1.54) is 6.42 Å². The topological polar surface area (TPSA) is 38.1 Å². The number of alkyl halides is 1. The molecule has 1 aromatic heterocycles. The molecule has 1 amide bonds. The first-order valence-corrected chi connectivity index (χ1v) is 6.61. The molecule has 0 aromatic carbocycles. The Morgan fingerprint density at radius 1 is 1.53 bits per heavy atom. The van der Waals surface area contributed by atoms with E-state index in [-0.39, 0.29) is 11.9 Å². The maximum atomic E-state index is 12.3. The first-order valence-electron chi connectivity index (χ1n) is 6.08. The Balaban J connectivity index is 2.15. The van der Waals surface area contributed by atoms with Crippen molar-refractivity contribution in [2.75, 3.05) is 12.4 Å². The Morgan fingerprint density at radius 3 is 3.00 bits per heavy atom. The summed E-state index contributed by atoms with van der Waals surface area (Å²) >= 11 is 5.97. The highest BCUT2D eigenvalue weighted by atomic mass is 35.5. The van der Waals surface area contributed by atoms with E-state index < -0.39 is 0 Å². The number of aryl methyl sites for hydroxylation is 1. The molecule has 5 heteroatoms. The molecule has 1 saturated heterocycles. The number of rotatable bonds is 2. The van der Waals surface area contributed by atoms with Crippen molar-refractivity contribution >= 4 is 17.5 Å². The minimum atomic E-state index is 0.0608. The van der Waals surface area contributed by atoms with Gasteiger partial charge in [-0.15, -0.1) is 11.6 Å². The van der Waals surface area contributed by atoms with Crippen molar-refractivity contribution in [1.82, 2.24) is 14.7 Å². The first kappa shape index (κ1) is 12.4. The van der Waals surface area contributed by atoms with Gasteiger partial charge >= 0.3 is 0 Å². The average Bonchev–Trinajstić information content (AvgIpc) is 2.64.